The lowest BCUT2D eigenvalue weighted by Crippen LogP contribution is -2.48. The lowest BCUT2D eigenvalue weighted by molar-refractivity contribution is 0.0875. The first-order valence-corrected chi connectivity index (χ1v) is 9.41. The smallest absolute Gasteiger partial charge is 0.271 e. The molecule has 0 unspecified atom stereocenters. The second-order valence-corrected chi connectivity index (χ2v) is 7.60. The molecule has 0 spiro atoms. The van der Waals surface area contributed by atoms with E-state index in [1.54, 1.807) is 29.1 Å². The molecule has 0 radical (unpaired) electrons. The predicted molar refractivity (Wildman–Crippen MR) is 99.4 cm³/mol. The Morgan fingerprint density at radius 1 is 1.31 bits per heavy atom. The fourth-order valence-corrected chi connectivity index (χ4v) is 4.22. The number of hydrogen-bond donors (Lipinski definition) is 1. The molecule has 1 N–H and O–H groups in total. The lowest BCUT2D eigenvalue weighted by Gasteiger charge is -2.36. The second kappa shape index (κ2) is 7.29. The molecule has 4 rings (SSSR count). The molecule has 1 amide bonds. The Hall–Kier alpha value is -2.05. The van der Waals surface area contributed by atoms with Crippen molar-refractivity contribution in [3.05, 3.63) is 47.2 Å². The van der Waals surface area contributed by atoms with Gasteiger partial charge in [0.2, 0.25) is 0 Å². The molecule has 2 aliphatic heterocycles. The van der Waals surface area contributed by atoms with Crippen LogP contribution in [0.15, 0.2) is 36.5 Å². The summed E-state index contributed by atoms with van der Waals surface area (Å²) >= 11 is 5.94. The van der Waals surface area contributed by atoms with E-state index in [1.165, 1.54) is 12.8 Å². The summed E-state index contributed by atoms with van der Waals surface area (Å²) in [5.41, 5.74) is 0.422. The number of benzene rings is 1. The van der Waals surface area contributed by atoms with E-state index in [2.05, 4.69) is 22.4 Å². The minimum absolute atomic E-state index is 0.111. The van der Waals surface area contributed by atoms with Crippen LogP contribution in [0.5, 0.6) is 5.75 Å². The van der Waals surface area contributed by atoms with Gasteiger partial charge < -0.3 is 15.0 Å². The van der Waals surface area contributed by atoms with Gasteiger partial charge in [0.25, 0.3) is 5.91 Å². The molecule has 0 aliphatic carbocycles. The number of hydrogen-bond acceptors (Lipinski definition) is 4. The number of nitrogens with one attached hydrogen (secondary N) is 1. The van der Waals surface area contributed by atoms with E-state index in [0.717, 1.165) is 12.8 Å². The van der Waals surface area contributed by atoms with Crippen LogP contribution in [0.1, 0.15) is 36.2 Å². The zero-order valence-corrected chi connectivity index (χ0v) is 15.5. The van der Waals surface area contributed by atoms with Crippen LogP contribution in [0.2, 0.25) is 5.02 Å². The molecular formula is C19H23ClN4O2. The van der Waals surface area contributed by atoms with Crippen LogP contribution in [0, 0.1) is 0 Å². The first kappa shape index (κ1) is 17.4. The largest absolute Gasteiger partial charge is 0.471 e. The maximum atomic E-state index is 12.5. The van der Waals surface area contributed by atoms with Crippen molar-refractivity contribution >= 4 is 17.5 Å². The number of fused-ring (bicyclic) bond motifs is 2. The summed E-state index contributed by atoms with van der Waals surface area (Å²) in [7, 11) is 2.20. The zero-order chi connectivity index (χ0) is 18.1. The van der Waals surface area contributed by atoms with Gasteiger partial charge in [-0.15, -0.1) is 0 Å². The first-order valence-electron chi connectivity index (χ1n) is 9.03. The number of rotatable bonds is 5. The maximum Gasteiger partial charge on any atom is 0.271 e. The minimum Gasteiger partial charge on any atom is -0.471 e. The van der Waals surface area contributed by atoms with Crippen molar-refractivity contribution in [2.75, 3.05) is 7.05 Å². The molecule has 1 aromatic carbocycles. The molecular weight excluding hydrogens is 352 g/mol. The van der Waals surface area contributed by atoms with Crippen molar-refractivity contribution in [2.24, 2.45) is 0 Å². The standard InChI is InChI=1S/C19H23ClN4O2/c1-23-15-5-6-16(23)11-14(10-15)21-19(25)18-7-8-24(22-18)12-26-17-4-2-3-13(20)9-17/h2-4,7-9,14-16H,5-6,10-12H2,1H3,(H,21,25)/t15-,16-/m1/s1. The van der Waals surface area contributed by atoms with Gasteiger partial charge in [0, 0.05) is 29.3 Å². The van der Waals surface area contributed by atoms with Crippen molar-refractivity contribution in [3.8, 4) is 5.75 Å². The number of ether oxygens (including phenoxy) is 1. The van der Waals surface area contributed by atoms with Crippen LogP contribution in [-0.4, -0.2) is 45.8 Å². The molecule has 6 nitrogen and oxygen atoms in total. The molecule has 1 aromatic heterocycles. The van der Waals surface area contributed by atoms with E-state index >= 15 is 0 Å². The Labute approximate surface area is 158 Å². The number of amides is 1. The van der Waals surface area contributed by atoms with E-state index in [4.69, 9.17) is 16.3 Å². The summed E-state index contributed by atoms with van der Waals surface area (Å²) in [5.74, 6) is 0.557. The molecule has 2 aliphatic rings. The fraction of sp³-hybridized carbons (Fsp3) is 0.474. The molecule has 2 bridgehead atoms. The highest BCUT2D eigenvalue weighted by Crippen LogP contribution is 2.34. The van der Waals surface area contributed by atoms with E-state index in [-0.39, 0.29) is 18.7 Å². The predicted octanol–water partition coefficient (Wildman–Crippen LogP) is 2.93. The molecule has 3 heterocycles. The van der Waals surface area contributed by atoms with Crippen LogP contribution < -0.4 is 10.1 Å². The van der Waals surface area contributed by atoms with Crippen LogP contribution in [0.4, 0.5) is 0 Å². The number of piperidine rings is 1. The average molecular weight is 375 g/mol. The summed E-state index contributed by atoms with van der Waals surface area (Å²) in [6.07, 6.45) is 6.28. The SMILES string of the molecule is CN1[C@@H]2CC[C@@H]1CC(NC(=O)c1ccn(COc3cccc(Cl)c3)n1)C2. The van der Waals surface area contributed by atoms with Gasteiger partial charge in [-0.05, 0) is 57.0 Å². The Bertz CT molecular complexity index is 779. The number of halogens is 1. The van der Waals surface area contributed by atoms with Crippen molar-refractivity contribution in [1.29, 1.82) is 0 Å². The van der Waals surface area contributed by atoms with Crippen LogP contribution >= 0.6 is 11.6 Å². The van der Waals surface area contributed by atoms with Gasteiger partial charge in [0.15, 0.2) is 6.73 Å². The van der Waals surface area contributed by atoms with E-state index in [1.807, 2.05) is 12.1 Å². The number of aromatic nitrogens is 2. The maximum absolute atomic E-state index is 12.5. The third-order valence-electron chi connectivity index (χ3n) is 5.47. The molecule has 0 saturated carbocycles. The Balaban J connectivity index is 1.32. The molecule has 138 valence electrons. The third kappa shape index (κ3) is 3.71. The fourth-order valence-electron chi connectivity index (χ4n) is 4.04. The zero-order valence-electron chi connectivity index (χ0n) is 14.8. The lowest BCUT2D eigenvalue weighted by atomic mass is 9.98. The molecule has 2 saturated heterocycles. The van der Waals surface area contributed by atoms with Crippen molar-refractivity contribution in [3.63, 3.8) is 0 Å². The Morgan fingerprint density at radius 2 is 2.08 bits per heavy atom. The summed E-state index contributed by atoms with van der Waals surface area (Å²) in [6, 6.07) is 10.4. The van der Waals surface area contributed by atoms with Gasteiger partial charge in [-0.3, -0.25) is 4.79 Å². The van der Waals surface area contributed by atoms with E-state index in [0.29, 0.717) is 28.5 Å². The molecule has 2 aromatic rings. The highest BCUT2D eigenvalue weighted by atomic mass is 35.5. The highest BCUT2D eigenvalue weighted by Gasteiger charge is 2.38. The van der Waals surface area contributed by atoms with Crippen molar-refractivity contribution in [1.82, 2.24) is 20.0 Å². The molecule has 7 heteroatoms. The highest BCUT2D eigenvalue weighted by molar-refractivity contribution is 6.30. The molecule has 2 atom stereocenters. The second-order valence-electron chi connectivity index (χ2n) is 7.16. The Kier molecular flexibility index (Phi) is 4.87. The summed E-state index contributed by atoms with van der Waals surface area (Å²) in [5, 5.41) is 8.09. The van der Waals surface area contributed by atoms with Gasteiger partial charge in [-0.2, -0.15) is 5.10 Å². The van der Waals surface area contributed by atoms with E-state index in [9.17, 15) is 4.79 Å². The quantitative estimate of drug-likeness (QED) is 0.874. The number of nitrogens with zero attached hydrogens (tertiary/aromatic N) is 3. The van der Waals surface area contributed by atoms with Gasteiger partial charge in [0.1, 0.15) is 11.4 Å². The van der Waals surface area contributed by atoms with Crippen molar-refractivity contribution < 1.29 is 9.53 Å². The van der Waals surface area contributed by atoms with E-state index < -0.39 is 0 Å². The number of carbonyl (C=O) groups is 1. The number of carbonyl (C=O) groups excluding carboxylic acids is 1. The van der Waals surface area contributed by atoms with Crippen molar-refractivity contribution in [2.45, 2.75) is 50.5 Å². The van der Waals surface area contributed by atoms with Gasteiger partial charge in [-0.25, -0.2) is 4.68 Å². The monoisotopic (exact) mass is 374 g/mol. The molecule has 26 heavy (non-hydrogen) atoms. The summed E-state index contributed by atoms with van der Waals surface area (Å²) < 4.78 is 7.25. The molecule has 2 fully saturated rings. The van der Waals surface area contributed by atoms with Crippen LogP contribution in [0.3, 0.4) is 0 Å². The average Bonchev–Trinajstić information content (AvgIpc) is 3.16. The Morgan fingerprint density at radius 3 is 2.81 bits per heavy atom. The topological polar surface area (TPSA) is 59.4 Å². The van der Waals surface area contributed by atoms with Gasteiger partial charge in [0.05, 0.1) is 0 Å². The normalized spacial score (nSPS) is 25.2. The van der Waals surface area contributed by atoms with Crippen LogP contribution in [-0.2, 0) is 6.73 Å². The van der Waals surface area contributed by atoms with Gasteiger partial charge in [-0.1, -0.05) is 17.7 Å². The minimum atomic E-state index is -0.111. The van der Waals surface area contributed by atoms with Gasteiger partial charge >= 0.3 is 0 Å². The first-order chi connectivity index (χ1) is 12.6. The summed E-state index contributed by atoms with van der Waals surface area (Å²) in [4.78, 5) is 15.0. The third-order valence-corrected chi connectivity index (χ3v) is 5.70. The summed E-state index contributed by atoms with van der Waals surface area (Å²) in [6.45, 7) is 0.228. The van der Waals surface area contributed by atoms with Crippen LogP contribution in [0.25, 0.3) is 0 Å².